The molecule has 0 bridgehead atoms. The maximum absolute atomic E-state index is 9.73. The van der Waals surface area contributed by atoms with Crippen molar-refractivity contribution in [3.05, 3.63) is 76.9 Å². The Morgan fingerprint density at radius 1 is 0.656 bits per heavy atom. The Kier molecular flexibility index (Phi) is 6.86. The van der Waals surface area contributed by atoms with Gasteiger partial charge < -0.3 is 14.3 Å². The van der Waals surface area contributed by atoms with Gasteiger partial charge in [0.1, 0.15) is 5.75 Å². The van der Waals surface area contributed by atoms with Gasteiger partial charge in [-0.2, -0.15) is 0 Å². The van der Waals surface area contributed by atoms with Crippen LogP contribution < -0.4 is 4.52 Å². The molecule has 3 aromatic carbocycles. The molecule has 0 aliphatic rings. The predicted molar refractivity (Wildman–Crippen MR) is 136 cm³/mol. The fourth-order valence-corrected chi connectivity index (χ4v) is 4.54. The van der Waals surface area contributed by atoms with E-state index < -0.39 is 8.60 Å². The lowest BCUT2D eigenvalue weighted by atomic mass is 9.77. The third-order valence-corrected chi connectivity index (χ3v) is 6.09. The number of hydrogen-bond acceptors (Lipinski definition) is 3. The van der Waals surface area contributed by atoms with Crippen LogP contribution in [-0.4, -0.2) is 9.79 Å². The molecule has 0 unspecified atom stereocenters. The highest BCUT2D eigenvalue weighted by Crippen LogP contribution is 2.48. The molecule has 4 heteroatoms. The van der Waals surface area contributed by atoms with Gasteiger partial charge in [-0.05, 0) is 58.6 Å². The minimum Gasteiger partial charge on any atom is -0.426 e. The molecular weight excluding hydrogens is 415 g/mol. The predicted octanol–water partition coefficient (Wildman–Crippen LogP) is 7.82. The summed E-state index contributed by atoms with van der Waals surface area (Å²) in [5.74, 6) is 0.480. The molecule has 0 heterocycles. The first-order valence-corrected chi connectivity index (χ1v) is 12.2. The summed E-state index contributed by atoms with van der Waals surface area (Å²) in [6.45, 7) is 17.5. The van der Waals surface area contributed by atoms with Crippen molar-refractivity contribution in [1.82, 2.24) is 0 Å². The molecule has 0 spiro atoms. The number of benzene rings is 3. The van der Waals surface area contributed by atoms with Crippen molar-refractivity contribution in [2.45, 2.75) is 66.2 Å². The molecule has 170 valence electrons. The van der Waals surface area contributed by atoms with E-state index in [-0.39, 0.29) is 10.8 Å². The van der Waals surface area contributed by atoms with Crippen molar-refractivity contribution in [3.8, 4) is 28.0 Å². The molecule has 0 aromatic heterocycles. The smallest absolute Gasteiger partial charge is 0.391 e. The molecule has 2 N–H and O–H groups in total. The standard InChI is InChI=1S/C28H35O3P/c1-18-12-14-20(23(16-18)27(3,4)5)21-10-9-11-25(31-32(29)30)26(21)22-15-13-19(2)17-24(22)28(6,7)8/h9-17,29-30H,1-8H3. The monoisotopic (exact) mass is 450 g/mol. The second-order valence-corrected chi connectivity index (χ2v) is 11.3. The normalized spacial score (nSPS) is 12.3. The zero-order valence-corrected chi connectivity index (χ0v) is 21.3. The molecule has 0 amide bonds. The maximum Gasteiger partial charge on any atom is 0.391 e. The van der Waals surface area contributed by atoms with E-state index in [1.165, 1.54) is 22.3 Å². The Hall–Kier alpha value is -2.19. The number of rotatable bonds is 4. The Morgan fingerprint density at radius 2 is 1.16 bits per heavy atom. The van der Waals surface area contributed by atoms with Gasteiger partial charge in [0.05, 0.1) is 0 Å². The lowest BCUT2D eigenvalue weighted by molar-refractivity contribution is 0.375. The van der Waals surface area contributed by atoms with Crippen LogP contribution in [0.5, 0.6) is 5.75 Å². The summed E-state index contributed by atoms with van der Waals surface area (Å²) in [7, 11) is -2.54. The topological polar surface area (TPSA) is 49.7 Å². The molecule has 0 saturated heterocycles. The van der Waals surface area contributed by atoms with Crippen LogP contribution in [-0.2, 0) is 10.8 Å². The molecule has 0 aliphatic carbocycles. The largest absolute Gasteiger partial charge is 0.426 e. The Balaban J connectivity index is 2.44. The highest BCUT2D eigenvalue weighted by molar-refractivity contribution is 7.39. The number of hydrogen-bond donors (Lipinski definition) is 2. The van der Waals surface area contributed by atoms with Gasteiger partial charge in [-0.1, -0.05) is 101 Å². The third kappa shape index (κ3) is 5.23. The summed E-state index contributed by atoms with van der Waals surface area (Å²) in [6.07, 6.45) is 0. The van der Waals surface area contributed by atoms with Crippen LogP contribution >= 0.6 is 8.60 Å². The first kappa shape index (κ1) is 24.5. The SMILES string of the molecule is Cc1ccc(-c2cccc(OP(O)O)c2-c2ccc(C)cc2C(C)(C)C)c(C(C)(C)C)c1. The molecular formula is C28H35O3P. The van der Waals surface area contributed by atoms with Crippen molar-refractivity contribution in [2.75, 3.05) is 0 Å². The summed E-state index contributed by atoms with van der Waals surface area (Å²) in [5.41, 5.74) is 8.78. The van der Waals surface area contributed by atoms with Crippen LogP contribution in [0.4, 0.5) is 0 Å². The molecule has 3 nitrogen and oxygen atoms in total. The molecule has 0 atom stereocenters. The average Bonchev–Trinajstić information content (AvgIpc) is 2.66. The summed E-state index contributed by atoms with van der Waals surface area (Å²) in [4.78, 5) is 19.5. The summed E-state index contributed by atoms with van der Waals surface area (Å²) in [5, 5.41) is 0. The lowest BCUT2D eigenvalue weighted by Crippen LogP contribution is -2.15. The Bertz CT molecular complexity index is 1120. The van der Waals surface area contributed by atoms with Gasteiger partial charge >= 0.3 is 8.60 Å². The second kappa shape index (κ2) is 8.98. The van der Waals surface area contributed by atoms with E-state index in [0.717, 1.165) is 22.3 Å². The van der Waals surface area contributed by atoms with Gasteiger partial charge in [0.25, 0.3) is 0 Å². The molecule has 0 fully saturated rings. The molecule has 0 aliphatic heterocycles. The maximum atomic E-state index is 9.73. The fraction of sp³-hybridized carbons (Fsp3) is 0.357. The molecule has 0 saturated carbocycles. The first-order chi connectivity index (χ1) is 14.8. The van der Waals surface area contributed by atoms with Gasteiger partial charge in [0.15, 0.2) is 0 Å². The van der Waals surface area contributed by atoms with Gasteiger partial charge in [-0.25, -0.2) is 0 Å². The van der Waals surface area contributed by atoms with Crippen molar-refractivity contribution in [3.63, 3.8) is 0 Å². The Labute approximate surface area is 194 Å². The van der Waals surface area contributed by atoms with E-state index >= 15 is 0 Å². The number of aryl methyl sites for hydroxylation is 2. The summed E-state index contributed by atoms with van der Waals surface area (Å²) < 4.78 is 5.58. The molecule has 0 radical (unpaired) electrons. The average molecular weight is 451 g/mol. The van der Waals surface area contributed by atoms with E-state index in [4.69, 9.17) is 4.52 Å². The zero-order valence-electron chi connectivity index (χ0n) is 20.4. The highest BCUT2D eigenvalue weighted by Gasteiger charge is 2.26. The highest BCUT2D eigenvalue weighted by atomic mass is 31.2. The van der Waals surface area contributed by atoms with Gasteiger partial charge in [-0.15, -0.1) is 0 Å². The van der Waals surface area contributed by atoms with Crippen LogP contribution in [0.1, 0.15) is 63.8 Å². The van der Waals surface area contributed by atoms with E-state index in [1.807, 2.05) is 12.1 Å². The fourth-order valence-electron chi connectivity index (χ4n) is 4.21. The molecule has 32 heavy (non-hydrogen) atoms. The van der Waals surface area contributed by atoms with E-state index in [9.17, 15) is 9.79 Å². The van der Waals surface area contributed by atoms with Crippen LogP contribution in [0.2, 0.25) is 0 Å². The van der Waals surface area contributed by atoms with Crippen molar-refractivity contribution >= 4 is 8.60 Å². The summed E-state index contributed by atoms with van der Waals surface area (Å²) in [6, 6.07) is 18.8. The van der Waals surface area contributed by atoms with E-state index in [0.29, 0.717) is 5.75 Å². The minimum atomic E-state index is -2.54. The van der Waals surface area contributed by atoms with Crippen LogP contribution in [0.25, 0.3) is 22.3 Å². The van der Waals surface area contributed by atoms with Crippen LogP contribution in [0, 0.1) is 13.8 Å². The minimum absolute atomic E-state index is 0.0593. The zero-order chi connectivity index (χ0) is 23.8. The van der Waals surface area contributed by atoms with Crippen molar-refractivity contribution in [1.29, 1.82) is 0 Å². The Morgan fingerprint density at radius 3 is 1.66 bits per heavy atom. The third-order valence-electron chi connectivity index (χ3n) is 5.73. The molecule has 3 rings (SSSR count). The van der Waals surface area contributed by atoms with Crippen molar-refractivity contribution in [2.24, 2.45) is 0 Å². The van der Waals surface area contributed by atoms with Crippen molar-refractivity contribution < 1.29 is 14.3 Å². The quantitative estimate of drug-likeness (QED) is 0.398. The van der Waals surface area contributed by atoms with E-state index in [1.54, 1.807) is 0 Å². The lowest BCUT2D eigenvalue weighted by Gasteiger charge is -2.28. The summed E-state index contributed by atoms with van der Waals surface area (Å²) >= 11 is 0. The molecule has 3 aromatic rings. The van der Waals surface area contributed by atoms with Crippen LogP contribution in [0.15, 0.2) is 54.6 Å². The second-order valence-electron chi connectivity index (χ2n) is 10.6. The van der Waals surface area contributed by atoms with Crippen LogP contribution in [0.3, 0.4) is 0 Å². The van der Waals surface area contributed by atoms with Gasteiger partial charge in [0, 0.05) is 5.56 Å². The van der Waals surface area contributed by atoms with E-state index in [2.05, 4.69) is 97.9 Å². The van der Waals surface area contributed by atoms with Gasteiger partial charge in [0.2, 0.25) is 0 Å². The first-order valence-electron chi connectivity index (χ1n) is 11.0. The van der Waals surface area contributed by atoms with Gasteiger partial charge in [-0.3, -0.25) is 0 Å².